The van der Waals surface area contributed by atoms with E-state index in [1.165, 1.54) is 0 Å². The van der Waals surface area contributed by atoms with Crippen molar-refractivity contribution in [3.05, 3.63) is 0 Å². The SMILES string of the molecule is O=P1(O)OCCCC1C[C@H]1C(F)[C@H](O)[C@@H](O)[C@@H](O)[C@@H]1O. The van der Waals surface area contributed by atoms with Crippen molar-refractivity contribution < 1.29 is 38.8 Å². The molecule has 0 amide bonds. The molecule has 2 fully saturated rings. The highest BCUT2D eigenvalue weighted by Gasteiger charge is 2.51. The van der Waals surface area contributed by atoms with Gasteiger partial charge in [0.25, 0.3) is 0 Å². The first-order valence-corrected chi connectivity index (χ1v) is 8.23. The summed E-state index contributed by atoms with van der Waals surface area (Å²) >= 11 is 0. The predicted molar refractivity (Wildman–Crippen MR) is 65.8 cm³/mol. The first kappa shape index (κ1) is 16.3. The van der Waals surface area contributed by atoms with Gasteiger partial charge in [-0.2, -0.15) is 0 Å². The predicted octanol–water partition coefficient (Wildman–Crippen LogP) is -0.848. The van der Waals surface area contributed by atoms with Crippen LogP contribution >= 0.6 is 7.60 Å². The molecule has 3 unspecified atom stereocenters. The molecule has 5 N–H and O–H groups in total. The highest BCUT2D eigenvalue weighted by Crippen LogP contribution is 2.55. The Labute approximate surface area is 115 Å². The molecule has 1 aliphatic heterocycles. The summed E-state index contributed by atoms with van der Waals surface area (Å²) < 4.78 is 30.7. The molecule has 0 aromatic heterocycles. The molecule has 1 heterocycles. The van der Waals surface area contributed by atoms with Crippen molar-refractivity contribution in [1.82, 2.24) is 0 Å². The van der Waals surface area contributed by atoms with Crippen LogP contribution in [0.2, 0.25) is 0 Å². The molecule has 9 heteroatoms. The fourth-order valence-electron chi connectivity index (χ4n) is 2.90. The van der Waals surface area contributed by atoms with Gasteiger partial charge in [-0.05, 0) is 19.3 Å². The van der Waals surface area contributed by atoms with Crippen molar-refractivity contribution in [3.63, 3.8) is 0 Å². The lowest BCUT2D eigenvalue weighted by atomic mass is 9.77. The molecule has 118 valence electrons. The highest BCUT2D eigenvalue weighted by atomic mass is 31.2. The van der Waals surface area contributed by atoms with Crippen LogP contribution in [0.5, 0.6) is 0 Å². The van der Waals surface area contributed by atoms with Gasteiger partial charge in [-0.3, -0.25) is 4.57 Å². The molecule has 1 saturated carbocycles. The second kappa shape index (κ2) is 5.96. The summed E-state index contributed by atoms with van der Waals surface area (Å²) in [5, 5.41) is 38.3. The van der Waals surface area contributed by atoms with Gasteiger partial charge < -0.3 is 29.8 Å². The Morgan fingerprint density at radius 3 is 2.30 bits per heavy atom. The van der Waals surface area contributed by atoms with Crippen molar-refractivity contribution in [1.29, 1.82) is 0 Å². The van der Waals surface area contributed by atoms with E-state index in [4.69, 9.17) is 4.52 Å². The number of hydrogen-bond donors (Lipinski definition) is 5. The zero-order chi connectivity index (χ0) is 15.1. The molecule has 7 nitrogen and oxygen atoms in total. The first-order chi connectivity index (χ1) is 9.25. The van der Waals surface area contributed by atoms with E-state index in [0.717, 1.165) is 0 Å². The number of halogens is 1. The zero-order valence-electron chi connectivity index (χ0n) is 10.7. The summed E-state index contributed by atoms with van der Waals surface area (Å²) in [6, 6.07) is 0. The van der Waals surface area contributed by atoms with Gasteiger partial charge in [-0.1, -0.05) is 0 Å². The van der Waals surface area contributed by atoms with E-state index >= 15 is 0 Å². The standard InChI is InChI=1S/C11H20FO7P/c12-7-6(8(13)10(15)11(16)9(7)14)4-5-2-1-3-19-20(5,17)18/h5-11,13-16H,1-4H2,(H,17,18)/t5?,6-,7?,8+,9-,10-,11+/m0/s1. The van der Waals surface area contributed by atoms with E-state index in [9.17, 15) is 34.3 Å². The lowest BCUT2D eigenvalue weighted by Crippen LogP contribution is -2.60. The maximum atomic E-state index is 14.0. The van der Waals surface area contributed by atoms with E-state index in [2.05, 4.69) is 0 Å². The molecule has 0 radical (unpaired) electrons. The fraction of sp³-hybridized carbons (Fsp3) is 1.00. The second-order valence-corrected chi connectivity index (χ2v) is 7.62. The Bertz CT molecular complexity index is 379. The zero-order valence-corrected chi connectivity index (χ0v) is 11.6. The average Bonchev–Trinajstić information content (AvgIpc) is 2.40. The second-order valence-electron chi connectivity index (χ2n) is 5.50. The summed E-state index contributed by atoms with van der Waals surface area (Å²) in [7, 11) is -3.87. The average molecular weight is 314 g/mol. The smallest absolute Gasteiger partial charge is 0.331 e. The van der Waals surface area contributed by atoms with Gasteiger partial charge in [0.15, 0.2) is 0 Å². The van der Waals surface area contributed by atoms with Gasteiger partial charge in [0.2, 0.25) is 0 Å². The van der Waals surface area contributed by atoms with Crippen LogP contribution in [-0.4, -0.2) is 68.2 Å². The molecular formula is C11H20FO7P. The van der Waals surface area contributed by atoms with Crippen LogP contribution in [0.25, 0.3) is 0 Å². The number of rotatable bonds is 2. The summed E-state index contributed by atoms with van der Waals surface area (Å²) in [6.07, 6.45) is -8.20. The van der Waals surface area contributed by atoms with Crippen molar-refractivity contribution >= 4 is 7.60 Å². The van der Waals surface area contributed by atoms with E-state index < -0.39 is 49.8 Å². The minimum atomic E-state index is -3.87. The maximum Gasteiger partial charge on any atom is 0.331 e. The first-order valence-electron chi connectivity index (χ1n) is 6.59. The van der Waals surface area contributed by atoms with Gasteiger partial charge in [-0.15, -0.1) is 0 Å². The van der Waals surface area contributed by atoms with Crippen LogP contribution in [0, 0.1) is 5.92 Å². The van der Waals surface area contributed by atoms with Crippen LogP contribution in [-0.2, 0) is 9.09 Å². The van der Waals surface area contributed by atoms with Crippen LogP contribution in [0.15, 0.2) is 0 Å². The van der Waals surface area contributed by atoms with E-state index in [1.807, 2.05) is 0 Å². The quantitative estimate of drug-likeness (QED) is 0.420. The largest absolute Gasteiger partial charge is 0.390 e. The third-order valence-electron chi connectivity index (χ3n) is 4.19. The molecule has 0 bridgehead atoms. The van der Waals surface area contributed by atoms with Crippen LogP contribution < -0.4 is 0 Å². The topological polar surface area (TPSA) is 127 Å². The normalized spacial score (nSPS) is 53.8. The third kappa shape index (κ3) is 2.92. The fourth-order valence-corrected chi connectivity index (χ4v) is 4.53. The Hall–Kier alpha value is -0.0800. The van der Waals surface area contributed by atoms with Crippen LogP contribution in [0.4, 0.5) is 4.39 Å². The minimum absolute atomic E-state index is 0.153. The summed E-state index contributed by atoms with van der Waals surface area (Å²) in [4.78, 5) is 9.68. The molecule has 2 aliphatic rings. The van der Waals surface area contributed by atoms with Crippen molar-refractivity contribution in [3.8, 4) is 0 Å². The van der Waals surface area contributed by atoms with Crippen molar-refractivity contribution in [2.24, 2.45) is 5.92 Å². The van der Waals surface area contributed by atoms with Crippen LogP contribution in [0.1, 0.15) is 19.3 Å². The summed E-state index contributed by atoms with van der Waals surface area (Å²) in [5.74, 6) is -1.23. The molecule has 0 aromatic carbocycles. The monoisotopic (exact) mass is 314 g/mol. The Kier molecular flexibility index (Phi) is 4.86. The molecule has 2 rings (SSSR count). The Morgan fingerprint density at radius 1 is 1.10 bits per heavy atom. The molecule has 0 spiro atoms. The van der Waals surface area contributed by atoms with Gasteiger partial charge in [-0.25, -0.2) is 4.39 Å². The number of aliphatic hydroxyl groups is 4. The summed E-state index contributed by atoms with van der Waals surface area (Å²) in [6.45, 7) is 0.153. The highest BCUT2D eigenvalue weighted by molar-refractivity contribution is 7.53. The minimum Gasteiger partial charge on any atom is -0.390 e. The van der Waals surface area contributed by atoms with Gasteiger partial charge in [0.1, 0.15) is 24.5 Å². The lowest BCUT2D eigenvalue weighted by molar-refractivity contribution is -0.188. The molecule has 1 aliphatic carbocycles. The van der Waals surface area contributed by atoms with Crippen LogP contribution in [0.3, 0.4) is 0 Å². The Balaban J connectivity index is 2.12. The Morgan fingerprint density at radius 2 is 1.70 bits per heavy atom. The van der Waals surface area contributed by atoms with E-state index in [1.54, 1.807) is 0 Å². The molecule has 8 atom stereocenters. The molecule has 0 aromatic rings. The number of hydrogen-bond acceptors (Lipinski definition) is 6. The number of aliphatic hydroxyl groups excluding tert-OH is 4. The van der Waals surface area contributed by atoms with Crippen molar-refractivity contribution in [2.45, 2.75) is 55.5 Å². The molecule has 20 heavy (non-hydrogen) atoms. The molecule has 1 saturated heterocycles. The van der Waals surface area contributed by atoms with Crippen molar-refractivity contribution in [2.75, 3.05) is 6.61 Å². The summed E-state index contributed by atoms with van der Waals surface area (Å²) in [5.41, 5.74) is -0.844. The molecular weight excluding hydrogens is 294 g/mol. The van der Waals surface area contributed by atoms with Gasteiger partial charge in [0, 0.05) is 5.92 Å². The van der Waals surface area contributed by atoms with Gasteiger partial charge >= 0.3 is 7.60 Å². The van der Waals surface area contributed by atoms with E-state index in [0.29, 0.717) is 12.8 Å². The lowest BCUT2D eigenvalue weighted by Gasteiger charge is -2.42. The maximum absolute atomic E-state index is 14.0. The number of alkyl halides is 1. The third-order valence-corrected chi connectivity index (χ3v) is 6.13. The van der Waals surface area contributed by atoms with Gasteiger partial charge in [0.05, 0.1) is 18.4 Å². The van der Waals surface area contributed by atoms with E-state index in [-0.39, 0.29) is 13.0 Å².